The predicted octanol–water partition coefficient (Wildman–Crippen LogP) is -0.286. The molecule has 7 nitrogen and oxygen atoms in total. The fraction of sp³-hybridized carbons (Fsp3) is 0.846. The molecule has 2 N–H and O–H groups in total. The molecule has 0 atom stereocenters. The van der Waals surface area contributed by atoms with Gasteiger partial charge in [-0.05, 0) is 32.4 Å². The van der Waals surface area contributed by atoms with Crippen LogP contribution in [-0.2, 0) is 14.3 Å². The molecule has 2 aliphatic heterocycles. The Hall–Kier alpha value is -1.18. The fourth-order valence-electron chi connectivity index (χ4n) is 2.64. The molecular formula is C13H23N3O4. The van der Waals surface area contributed by atoms with Crippen LogP contribution in [0.1, 0.15) is 19.3 Å². The number of imide groups is 1. The van der Waals surface area contributed by atoms with Gasteiger partial charge in [-0.2, -0.15) is 0 Å². The molecule has 2 aliphatic rings. The van der Waals surface area contributed by atoms with E-state index in [2.05, 4.69) is 10.6 Å². The Labute approximate surface area is 119 Å². The number of carbonyl (C=O) groups excluding carboxylic acids is 2. The average molecular weight is 285 g/mol. The van der Waals surface area contributed by atoms with Crippen molar-refractivity contribution in [2.75, 3.05) is 46.6 Å². The topological polar surface area (TPSA) is 79.9 Å². The first-order valence-electron chi connectivity index (χ1n) is 7.11. The molecule has 114 valence electrons. The summed E-state index contributed by atoms with van der Waals surface area (Å²) in [5, 5.41) is 6.07. The van der Waals surface area contributed by atoms with E-state index in [0.29, 0.717) is 45.6 Å². The number of methoxy groups -OCH3 is 1. The third-order valence-corrected chi connectivity index (χ3v) is 3.81. The summed E-state index contributed by atoms with van der Waals surface area (Å²) in [5.74, 6) is -0.0825. The Kier molecular flexibility index (Phi) is 5.33. The van der Waals surface area contributed by atoms with Crippen molar-refractivity contribution in [1.29, 1.82) is 0 Å². The molecule has 0 saturated carbocycles. The summed E-state index contributed by atoms with van der Waals surface area (Å²) in [7, 11) is 1.62. The third kappa shape index (κ3) is 3.28. The Balaban J connectivity index is 1.77. The van der Waals surface area contributed by atoms with Crippen molar-refractivity contribution in [3.05, 3.63) is 0 Å². The highest BCUT2D eigenvalue weighted by Gasteiger charge is 2.50. The van der Waals surface area contributed by atoms with Gasteiger partial charge in [-0.25, -0.2) is 4.79 Å². The zero-order chi connectivity index (χ0) is 14.4. The first kappa shape index (κ1) is 15.2. The summed E-state index contributed by atoms with van der Waals surface area (Å²) in [4.78, 5) is 25.7. The molecule has 7 heteroatoms. The molecule has 0 aromatic heterocycles. The lowest BCUT2D eigenvalue weighted by atomic mass is 9.88. The summed E-state index contributed by atoms with van der Waals surface area (Å²) in [6.07, 6.45) is 1.98. The lowest BCUT2D eigenvalue weighted by Gasteiger charge is -2.31. The molecule has 2 heterocycles. The zero-order valence-electron chi connectivity index (χ0n) is 11.9. The largest absolute Gasteiger partial charge is 0.382 e. The van der Waals surface area contributed by atoms with Gasteiger partial charge in [0.2, 0.25) is 0 Å². The first-order chi connectivity index (χ1) is 9.69. The van der Waals surface area contributed by atoms with Gasteiger partial charge in [0.1, 0.15) is 5.54 Å². The van der Waals surface area contributed by atoms with Gasteiger partial charge in [-0.15, -0.1) is 0 Å². The number of ether oxygens (including phenoxy) is 2. The quantitative estimate of drug-likeness (QED) is 0.496. The van der Waals surface area contributed by atoms with Gasteiger partial charge in [-0.3, -0.25) is 9.69 Å². The van der Waals surface area contributed by atoms with E-state index in [1.54, 1.807) is 7.11 Å². The summed E-state index contributed by atoms with van der Waals surface area (Å²) in [5.41, 5.74) is -0.667. The van der Waals surface area contributed by atoms with Gasteiger partial charge in [0.15, 0.2) is 0 Å². The van der Waals surface area contributed by atoms with Crippen LogP contribution in [0.15, 0.2) is 0 Å². The van der Waals surface area contributed by atoms with Crippen LogP contribution in [0.2, 0.25) is 0 Å². The number of urea groups is 1. The monoisotopic (exact) mass is 285 g/mol. The van der Waals surface area contributed by atoms with Crippen molar-refractivity contribution in [2.45, 2.75) is 24.8 Å². The summed E-state index contributed by atoms with van der Waals surface area (Å²) < 4.78 is 10.2. The second kappa shape index (κ2) is 7.01. The number of nitrogens with one attached hydrogen (secondary N) is 2. The smallest absolute Gasteiger partial charge is 0.325 e. The number of nitrogens with zero attached hydrogens (tertiary/aromatic N) is 1. The Bertz CT molecular complexity index is 356. The van der Waals surface area contributed by atoms with E-state index in [1.807, 2.05) is 0 Å². The minimum absolute atomic E-state index is 0.0825. The van der Waals surface area contributed by atoms with Crippen molar-refractivity contribution in [1.82, 2.24) is 15.5 Å². The molecule has 0 radical (unpaired) electrons. The molecule has 0 aromatic carbocycles. The Morgan fingerprint density at radius 1 is 1.20 bits per heavy atom. The number of hydrogen-bond donors (Lipinski definition) is 2. The second-order valence-electron chi connectivity index (χ2n) is 5.18. The molecule has 0 aromatic rings. The third-order valence-electron chi connectivity index (χ3n) is 3.81. The van der Waals surface area contributed by atoms with Gasteiger partial charge in [0.05, 0.1) is 13.2 Å². The Morgan fingerprint density at radius 2 is 1.95 bits per heavy atom. The minimum Gasteiger partial charge on any atom is -0.382 e. The standard InChI is InChI=1S/C13H23N3O4/c1-19-9-10-20-8-2-7-16-11(17)13(15-12(16)18)3-5-14-6-4-13/h14H,2-10H2,1H3,(H,15,18). The molecule has 0 aliphatic carbocycles. The first-order valence-corrected chi connectivity index (χ1v) is 7.11. The van der Waals surface area contributed by atoms with Gasteiger partial charge in [0, 0.05) is 20.3 Å². The molecular weight excluding hydrogens is 262 g/mol. The zero-order valence-corrected chi connectivity index (χ0v) is 11.9. The molecule has 2 fully saturated rings. The van der Waals surface area contributed by atoms with Crippen LogP contribution in [0.4, 0.5) is 4.79 Å². The summed E-state index contributed by atoms with van der Waals surface area (Å²) in [6, 6.07) is -0.270. The molecule has 20 heavy (non-hydrogen) atoms. The van der Waals surface area contributed by atoms with Crippen LogP contribution >= 0.6 is 0 Å². The van der Waals surface area contributed by atoms with Crippen molar-refractivity contribution < 1.29 is 19.1 Å². The van der Waals surface area contributed by atoms with Gasteiger partial charge in [-0.1, -0.05) is 0 Å². The number of carbonyl (C=O) groups is 2. The van der Waals surface area contributed by atoms with Crippen LogP contribution in [0.3, 0.4) is 0 Å². The lowest BCUT2D eigenvalue weighted by Crippen LogP contribution is -2.53. The van der Waals surface area contributed by atoms with Crippen LogP contribution in [-0.4, -0.2) is 68.9 Å². The highest BCUT2D eigenvalue weighted by Crippen LogP contribution is 2.26. The van der Waals surface area contributed by atoms with Crippen LogP contribution in [0.5, 0.6) is 0 Å². The van der Waals surface area contributed by atoms with Crippen molar-refractivity contribution in [2.24, 2.45) is 0 Å². The minimum atomic E-state index is -0.667. The van der Waals surface area contributed by atoms with Gasteiger partial charge >= 0.3 is 6.03 Å². The summed E-state index contributed by atoms with van der Waals surface area (Å²) in [6.45, 7) is 3.55. The van der Waals surface area contributed by atoms with Gasteiger partial charge < -0.3 is 20.1 Å². The lowest BCUT2D eigenvalue weighted by molar-refractivity contribution is -0.132. The number of rotatable bonds is 7. The highest BCUT2D eigenvalue weighted by molar-refractivity contribution is 6.07. The fourth-order valence-corrected chi connectivity index (χ4v) is 2.64. The maximum Gasteiger partial charge on any atom is 0.325 e. The normalized spacial score (nSPS) is 21.6. The van der Waals surface area contributed by atoms with E-state index in [1.165, 1.54) is 4.90 Å². The molecule has 2 rings (SSSR count). The second-order valence-corrected chi connectivity index (χ2v) is 5.18. The van der Waals surface area contributed by atoms with E-state index in [0.717, 1.165) is 13.1 Å². The van der Waals surface area contributed by atoms with Gasteiger partial charge in [0.25, 0.3) is 5.91 Å². The van der Waals surface area contributed by atoms with Crippen molar-refractivity contribution in [3.8, 4) is 0 Å². The van der Waals surface area contributed by atoms with E-state index in [9.17, 15) is 9.59 Å². The van der Waals surface area contributed by atoms with Crippen LogP contribution in [0.25, 0.3) is 0 Å². The Morgan fingerprint density at radius 3 is 2.65 bits per heavy atom. The summed E-state index contributed by atoms with van der Waals surface area (Å²) >= 11 is 0. The molecule has 1 spiro atoms. The average Bonchev–Trinajstić information content (AvgIpc) is 2.67. The van der Waals surface area contributed by atoms with E-state index < -0.39 is 5.54 Å². The maximum atomic E-state index is 12.4. The number of amides is 3. The maximum absolute atomic E-state index is 12.4. The van der Waals surface area contributed by atoms with E-state index in [4.69, 9.17) is 9.47 Å². The molecule has 0 unspecified atom stereocenters. The van der Waals surface area contributed by atoms with Crippen molar-refractivity contribution >= 4 is 11.9 Å². The van der Waals surface area contributed by atoms with E-state index >= 15 is 0 Å². The van der Waals surface area contributed by atoms with Crippen molar-refractivity contribution in [3.63, 3.8) is 0 Å². The molecule has 0 bridgehead atoms. The molecule has 2 saturated heterocycles. The van der Waals surface area contributed by atoms with Crippen LogP contribution in [0, 0.1) is 0 Å². The highest BCUT2D eigenvalue weighted by atomic mass is 16.5. The SMILES string of the molecule is COCCOCCCN1C(=O)NC2(CCNCC2)C1=O. The molecule has 3 amide bonds. The predicted molar refractivity (Wildman–Crippen MR) is 72.4 cm³/mol. The number of piperidine rings is 1. The number of hydrogen-bond acceptors (Lipinski definition) is 5. The van der Waals surface area contributed by atoms with Crippen LogP contribution < -0.4 is 10.6 Å². The van der Waals surface area contributed by atoms with E-state index in [-0.39, 0.29) is 11.9 Å².